The highest BCUT2D eigenvalue weighted by molar-refractivity contribution is 5.95. The number of hydrogen-bond acceptors (Lipinski definition) is 5. The van der Waals surface area contributed by atoms with Crippen molar-refractivity contribution in [1.29, 1.82) is 0 Å². The molecule has 3 atom stereocenters. The molecule has 2 saturated heterocycles. The average Bonchev–Trinajstić information content (AvgIpc) is 3.26. The molecular formula is C27H32FN5. The van der Waals surface area contributed by atoms with E-state index in [4.69, 9.17) is 10.7 Å². The van der Waals surface area contributed by atoms with Crippen molar-refractivity contribution in [3.05, 3.63) is 60.2 Å². The van der Waals surface area contributed by atoms with Gasteiger partial charge in [0, 0.05) is 42.0 Å². The topological polar surface area (TPSA) is 67.1 Å². The van der Waals surface area contributed by atoms with E-state index in [1.807, 2.05) is 38.2 Å². The number of halogens is 1. The van der Waals surface area contributed by atoms with E-state index in [1.165, 1.54) is 6.42 Å². The molecule has 5 nitrogen and oxygen atoms in total. The SMILES string of the molecule is C=C(c1ccc(-c2cc(N3CC4CCNCC4C3)c3cc(F)c(CC)cc3n2)cn1)C(C)N. The molecule has 3 aromatic rings. The summed E-state index contributed by atoms with van der Waals surface area (Å²) in [5.41, 5.74) is 11.9. The monoisotopic (exact) mass is 445 g/mol. The predicted octanol–water partition coefficient (Wildman–Crippen LogP) is 4.40. The number of aromatic nitrogens is 2. The first-order valence-corrected chi connectivity index (χ1v) is 11.9. The first-order chi connectivity index (χ1) is 15.9. The summed E-state index contributed by atoms with van der Waals surface area (Å²) in [6, 6.07) is 9.51. The van der Waals surface area contributed by atoms with Crippen molar-refractivity contribution in [1.82, 2.24) is 15.3 Å². The van der Waals surface area contributed by atoms with E-state index in [1.54, 1.807) is 6.07 Å². The fourth-order valence-corrected chi connectivity index (χ4v) is 5.19. The summed E-state index contributed by atoms with van der Waals surface area (Å²) in [6.45, 7) is 12.1. The van der Waals surface area contributed by atoms with E-state index in [9.17, 15) is 4.39 Å². The van der Waals surface area contributed by atoms with Crippen LogP contribution < -0.4 is 16.0 Å². The van der Waals surface area contributed by atoms with Crippen molar-refractivity contribution in [2.24, 2.45) is 17.6 Å². The van der Waals surface area contributed by atoms with Gasteiger partial charge in [0.05, 0.1) is 16.9 Å². The molecule has 1 aromatic carbocycles. The van der Waals surface area contributed by atoms with Gasteiger partial charge in [0.2, 0.25) is 0 Å². The van der Waals surface area contributed by atoms with Crippen molar-refractivity contribution >= 4 is 22.2 Å². The number of nitrogens with one attached hydrogen (secondary N) is 1. The third-order valence-corrected chi connectivity index (χ3v) is 7.29. The van der Waals surface area contributed by atoms with Crippen LogP contribution >= 0.6 is 0 Å². The lowest BCUT2D eigenvalue weighted by atomic mass is 9.90. The first kappa shape index (κ1) is 22.0. The van der Waals surface area contributed by atoms with Crippen LogP contribution in [0.2, 0.25) is 0 Å². The smallest absolute Gasteiger partial charge is 0.127 e. The van der Waals surface area contributed by atoms with Gasteiger partial charge in [-0.1, -0.05) is 13.5 Å². The van der Waals surface area contributed by atoms with Crippen molar-refractivity contribution in [2.75, 3.05) is 31.1 Å². The van der Waals surface area contributed by atoms with Crippen molar-refractivity contribution in [3.63, 3.8) is 0 Å². The van der Waals surface area contributed by atoms with E-state index in [-0.39, 0.29) is 11.9 Å². The summed E-state index contributed by atoms with van der Waals surface area (Å²) >= 11 is 0. The van der Waals surface area contributed by atoms with Gasteiger partial charge < -0.3 is 16.0 Å². The maximum Gasteiger partial charge on any atom is 0.127 e. The van der Waals surface area contributed by atoms with E-state index in [2.05, 4.69) is 27.8 Å². The Morgan fingerprint density at radius 3 is 2.79 bits per heavy atom. The third kappa shape index (κ3) is 4.13. The fourth-order valence-electron chi connectivity index (χ4n) is 5.19. The largest absolute Gasteiger partial charge is 0.370 e. The Labute approximate surface area is 194 Å². The number of anilines is 1. The molecule has 0 bridgehead atoms. The lowest BCUT2D eigenvalue weighted by Gasteiger charge is -2.23. The Balaban J connectivity index is 1.59. The first-order valence-electron chi connectivity index (χ1n) is 11.9. The van der Waals surface area contributed by atoms with Gasteiger partial charge in [-0.15, -0.1) is 0 Å². The molecule has 2 aliphatic heterocycles. The molecule has 2 aromatic heterocycles. The van der Waals surface area contributed by atoms with E-state index in [0.29, 0.717) is 23.8 Å². The van der Waals surface area contributed by atoms with E-state index in [0.717, 1.165) is 65.3 Å². The second kappa shape index (κ2) is 8.84. The van der Waals surface area contributed by atoms with Crippen LogP contribution in [0.25, 0.3) is 27.7 Å². The maximum atomic E-state index is 14.8. The molecule has 2 fully saturated rings. The van der Waals surface area contributed by atoms with Crippen LogP contribution in [-0.4, -0.2) is 42.2 Å². The molecule has 0 saturated carbocycles. The van der Waals surface area contributed by atoms with E-state index < -0.39 is 0 Å². The van der Waals surface area contributed by atoms with Gasteiger partial charge in [0.15, 0.2) is 0 Å². The number of fused-ring (bicyclic) bond motifs is 2. The zero-order valence-corrected chi connectivity index (χ0v) is 19.4. The highest BCUT2D eigenvalue weighted by atomic mass is 19.1. The number of piperidine rings is 1. The molecule has 33 heavy (non-hydrogen) atoms. The summed E-state index contributed by atoms with van der Waals surface area (Å²) in [4.78, 5) is 12.0. The number of benzene rings is 1. The standard InChI is InChI=1S/C27H32FN5/c1-4-18-9-26-22(10-23(18)28)27(33-14-20-7-8-30-12-21(20)15-33)11-25(32-26)19-5-6-24(31-13-19)16(2)17(3)29/h5-6,9-11,13,17,20-21,30H,2,4,7-8,12,14-15,29H2,1,3H3. The second-order valence-electron chi connectivity index (χ2n) is 9.50. The minimum Gasteiger partial charge on any atom is -0.370 e. The van der Waals surface area contributed by atoms with Gasteiger partial charge in [0.1, 0.15) is 5.82 Å². The number of hydrogen-bond donors (Lipinski definition) is 2. The molecule has 0 radical (unpaired) electrons. The van der Waals surface area contributed by atoms with Crippen LogP contribution in [-0.2, 0) is 6.42 Å². The van der Waals surface area contributed by atoms with Crippen molar-refractivity contribution in [2.45, 2.75) is 32.7 Å². The summed E-state index contributed by atoms with van der Waals surface area (Å²) in [5.74, 6) is 1.16. The lowest BCUT2D eigenvalue weighted by molar-refractivity contribution is 0.318. The van der Waals surface area contributed by atoms with Crippen molar-refractivity contribution in [3.8, 4) is 11.3 Å². The van der Waals surface area contributed by atoms with E-state index >= 15 is 0 Å². The molecule has 5 rings (SSSR count). The lowest BCUT2D eigenvalue weighted by Crippen LogP contribution is -2.35. The molecule has 0 spiro atoms. The van der Waals surface area contributed by atoms with Gasteiger partial charge in [-0.2, -0.15) is 0 Å². The number of rotatable bonds is 5. The number of pyridine rings is 2. The van der Waals surface area contributed by atoms with Crippen LogP contribution in [0.5, 0.6) is 0 Å². The highest BCUT2D eigenvalue weighted by Gasteiger charge is 2.35. The predicted molar refractivity (Wildman–Crippen MR) is 134 cm³/mol. The van der Waals surface area contributed by atoms with Gasteiger partial charge in [0.25, 0.3) is 0 Å². The highest BCUT2D eigenvalue weighted by Crippen LogP contribution is 2.38. The molecule has 172 valence electrons. The van der Waals surface area contributed by atoms with Gasteiger partial charge in [-0.05, 0) is 86.2 Å². The van der Waals surface area contributed by atoms with Crippen LogP contribution in [0.3, 0.4) is 0 Å². The fraction of sp³-hybridized carbons (Fsp3) is 0.407. The van der Waals surface area contributed by atoms with Crippen LogP contribution in [0.1, 0.15) is 31.5 Å². The zero-order valence-electron chi connectivity index (χ0n) is 19.4. The van der Waals surface area contributed by atoms with Crippen LogP contribution in [0.15, 0.2) is 43.1 Å². The Kier molecular flexibility index (Phi) is 5.89. The summed E-state index contributed by atoms with van der Waals surface area (Å²) in [6.07, 6.45) is 3.66. The Morgan fingerprint density at radius 1 is 1.27 bits per heavy atom. The second-order valence-corrected chi connectivity index (χ2v) is 9.50. The minimum absolute atomic E-state index is 0.149. The van der Waals surface area contributed by atoms with Gasteiger partial charge >= 0.3 is 0 Å². The molecular weight excluding hydrogens is 413 g/mol. The van der Waals surface area contributed by atoms with Gasteiger partial charge in [-0.25, -0.2) is 9.37 Å². The number of nitrogens with zero attached hydrogens (tertiary/aromatic N) is 3. The summed E-state index contributed by atoms with van der Waals surface area (Å²) < 4.78 is 14.8. The third-order valence-electron chi connectivity index (χ3n) is 7.29. The summed E-state index contributed by atoms with van der Waals surface area (Å²) in [5, 5.41) is 4.41. The van der Waals surface area contributed by atoms with Crippen molar-refractivity contribution < 1.29 is 4.39 Å². The summed E-state index contributed by atoms with van der Waals surface area (Å²) in [7, 11) is 0. The number of aryl methyl sites for hydroxylation is 1. The molecule has 3 unspecified atom stereocenters. The Morgan fingerprint density at radius 2 is 2.09 bits per heavy atom. The molecule has 4 heterocycles. The maximum absolute atomic E-state index is 14.8. The number of nitrogens with two attached hydrogens (primary N) is 1. The zero-order chi connectivity index (χ0) is 23.1. The minimum atomic E-state index is -0.153. The molecule has 0 amide bonds. The molecule has 0 aliphatic carbocycles. The normalized spacial score (nSPS) is 21.3. The average molecular weight is 446 g/mol. The molecule has 2 aliphatic rings. The molecule has 6 heteroatoms. The molecule has 3 N–H and O–H groups in total. The quantitative estimate of drug-likeness (QED) is 0.609. The van der Waals surface area contributed by atoms with Crippen LogP contribution in [0, 0.1) is 17.7 Å². The van der Waals surface area contributed by atoms with Gasteiger partial charge in [-0.3, -0.25) is 4.98 Å². The Bertz CT molecular complexity index is 1170. The Hall–Kier alpha value is -2.83. The van der Waals surface area contributed by atoms with Crippen LogP contribution in [0.4, 0.5) is 10.1 Å².